The highest BCUT2D eigenvalue weighted by atomic mass is 16.1. The monoisotopic (exact) mass is 245 g/mol. The van der Waals surface area contributed by atoms with Gasteiger partial charge >= 0.3 is 5.69 Å². The summed E-state index contributed by atoms with van der Waals surface area (Å²) in [4.78, 5) is 15.0. The molecule has 4 heteroatoms. The van der Waals surface area contributed by atoms with E-state index in [1.807, 2.05) is 10.6 Å². The second-order valence-corrected chi connectivity index (χ2v) is 5.38. The summed E-state index contributed by atoms with van der Waals surface area (Å²) < 4.78 is 1.92. The molecule has 1 saturated heterocycles. The van der Waals surface area contributed by atoms with E-state index in [0.29, 0.717) is 5.92 Å². The fraction of sp³-hybridized carbons (Fsp3) is 0.500. The highest BCUT2D eigenvalue weighted by Crippen LogP contribution is 2.23. The predicted molar refractivity (Wildman–Crippen MR) is 73.2 cm³/mol. The zero-order chi connectivity index (χ0) is 12.7. The first-order valence-corrected chi connectivity index (χ1v) is 6.61. The highest BCUT2D eigenvalue weighted by Gasteiger charge is 2.20. The zero-order valence-electron chi connectivity index (χ0n) is 10.9. The van der Waals surface area contributed by atoms with Crippen LogP contribution >= 0.6 is 0 Å². The number of aromatic amines is 1. The minimum atomic E-state index is 0.0135. The third-order valence-electron chi connectivity index (χ3n) is 3.81. The third-order valence-corrected chi connectivity index (χ3v) is 3.81. The second-order valence-electron chi connectivity index (χ2n) is 5.38. The molecular formula is C14H19N3O. The average Bonchev–Trinajstić information content (AvgIpc) is 2.93. The molecular weight excluding hydrogens is 226 g/mol. The van der Waals surface area contributed by atoms with Gasteiger partial charge in [0.1, 0.15) is 0 Å². The summed E-state index contributed by atoms with van der Waals surface area (Å²) in [6, 6.07) is 6.55. The lowest BCUT2D eigenvalue weighted by atomic mass is 10.0. The van der Waals surface area contributed by atoms with Crippen LogP contribution in [0.2, 0.25) is 0 Å². The number of nitrogens with zero attached hydrogens (tertiary/aromatic N) is 1. The third kappa shape index (κ3) is 1.77. The van der Waals surface area contributed by atoms with Gasteiger partial charge < -0.3 is 10.3 Å². The Labute approximate surface area is 106 Å². The molecule has 1 aromatic heterocycles. The van der Waals surface area contributed by atoms with Gasteiger partial charge in [0.05, 0.1) is 17.1 Å². The van der Waals surface area contributed by atoms with Crippen LogP contribution in [0.1, 0.15) is 37.8 Å². The molecule has 0 saturated carbocycles. The van der Waals surface area contributed by atoms with E-state index in [-0.39, 0.29) is 11.7 Å². The Kier molecular flexibility index (Phi) is 2.74. The maximum absolute atomic E-state index is 12.1. The van der Waals surface area contributed by atoms with Crippen LogP contribution < -0.4 is 11.0 Å². The van der Waals surface area contributed by atoms with Crippen LogP contribution in [0.5, 0.6) is 0 Å². The molecule has 96 valence electrons. The number of rotatable bonds is 2. The van der Waals surface area contributed by atoms with Gasteiger partial charge in [0.2, 0.25) is 0 Å². The van der Waals surface area contributed by atoms with Crippen molar-refractivity contribution in [3.05, 3.63) is 34.2 Å². The van der Waals surface area contributed by atoms with Gasteiger partial charge in [0.15, 0.2) is 0 Å². The van der Waals surface area contributed by atoms with E-state index in [0.717, 1.165) is 30.5 Å². The average molecular weight is 245 g/mol. The van der Waals surface area contributed by atoms with Crippen molar-refractivity contribution < 1.29 is 0 Å². The maximum atomic E-state index is 12.1. The van der Waals surface area contributed by atoms with Crippen molar-refractivity contribution >= 4 is 11.0 Å². The first-order chi connectivity index (χ1) is 8.66. The SMILES string of the molecule is CC(C)c1ccc2[nH]c(=O)n(C3CCNC3)c2c1. The molecule has 1 fully saturated rings. The number of hydrogen-bond donors (Lipinski definition) is 2. The first kappa shape index (κ1) is 11.5. The van der Waals surface area contributed by atoms with Crippen LogP contribution in [0.15, 0.2) is 23.0 Å². The summed E-state index contributed by atoms with van der Waals surface area (Å²) in [6.07, 6.45) is 1.03. The Morgan fingerprint density at radius 2 is 2.22 bits per heavy atom. The van der Waals surface area contributed by atoms with Gasteiger partial charge in [-0.1, -0.05) is 19.9 Å². The van der Waals surface area contributed by atoms with Crippen LogP contribution in [0, 0.1) is 0 Å². The lowest BCUT2D eigenvalue weighted by Gasteiger charge is -2.12. The Morgan fingerprint density at radius 1 is 1.39 bits per heavy atom. The van der Waals surface area contributed by atoms with Crippen molar-refractivity contribution in [1.29, 1.82) is 0 Å². The topological polar surface area (TPSA) is 49.8 Å². The number of nitrogens with one attached hydrogen (secondary N) is 2. The fourth-order valence-electron chi connectivity index (χ4n) is 2.72. The molecule has 0 radical (unpaired) electrons. The van der Waals surface area contributed by atoms with E-state index in [4.69, 9.17) is 0 Å². The predicted octanol–water partition coefficient (Wildman–Crippen LogP) is 1.99. The molecule has 2 N–H and O–H groups in total. The largest absolute Gasteiger partial charge is 0.326 e. The summed E-state index contributed by atoms with van der Waals surface area (Å²) in [5.74, 6) is 0.481. The molecule has 4 nitrogen and oxygen atoms in total. The van der Waals surface area contributed by atoms with Gasteiger partial charge in [0, 0.05) is 6.54 Å². The standard InChI is InChI=1S/C14H19N3O/c1-9(2)10-3-4-12-13(7-10)17(14(18)16-12)11-5-6-15-8-11/h3-4,7,9,11,15H,5-6,8H2,1-2H3,(H,16,18). The van der Waals surface area contributed by atoms with Gasteiger partial charge in [-0.05, 0) is 36.6 Å². The summed E-state index contributed by atoms with van der Waals surface area (Å²) in [5.41, 5.74) is 3.28. The molecule has 1 unspecified atom stereocenters. The maximum Gasteiger partial charge on any atom is 0.326 e. The number of imidazole rings is 1. The van der Waals surface area contributed by atoms with Crippen molar-refractivity contribution in [3.63, 3.8) is 0 Å². The minimum absolute atomic E-state index is 0.0135. The Balaban J connectivity index is 2.19. The summed E-state index contributed by atoms with van der Waals surface area (Å²) in [6.45, 7) is 6.23. The van der Waals surface area contributed by atoms with E-state index >= 15 is 0 Å². The number of hydrogen-bond acceptors (Lipinski definition) is 2. The Morgan fingerprint density at radius 3 is 2.89 bits per heavy atom. The molecule has 1 aliphatic heterocycles. The number of aromatic nitrogens is 2. The van der Waals surface area contributed by atoms with Crippen LogP contribution in [-0.4, -0.2) is 22.6 Å². The number of benzene rings is 1. The minimum Gasteiger partial charge on any atom is -0.315 e. The summed E-state index contributed by atoms with van der Waals surface area (Å²) in [5, 5.41) is 3.32. The fourth-order valence-corrected chi connectivity index (χ4v) is 2.72. The van der Waals surface area contributed by atoms with Gasteiger partial charge in [-0.2, -0.15) is 0 Å². The van der Waals surface area contributed by atoms with Crippen molar-refractivity contribution in [2.24, 2.45) is 0 Å². The normalized spacial score (nSPS) is 20.1. The molecule has 2 aromatic rings. The van der Waals surface area contributed by atoms with Gasteiger partial charge in [0.25, 0.3) is 0 Å². The molecule has 0 bridgehead atoms. The second kappa shape index (κ2) is 4.28. The molecule has 2 heterocycles. The number of H-pyrrole nitrogens is 1. The Hall–Kier alpha value is -1.55. The van der Waals surface area contributed by atoms with Crippen LogP contribution in [0.3, 0.4) is 0 Å². The van der Waals surface area contributed by atoms with Crippen molar-refractivity contribution in [2.45, 2.75) is 32.2 Å². The first-order valence-electron chi connectivity index (χ1n) is 6.61. The van der Waals surface area contributed by atoms with Gasteiger partial charge in [-0.15, -0.1) is 0 Å². The van der Waals surface area contributed by atoms with E-state index in [2.05, 4.69) is 36.3 Å². The highest BCUT2D eigenvalue weighted by molar-refractivity contribution is 5.76. The summed E-state index contributed by atoms with van der Waals surface area (Å²) in [7, 11) is 0. The van der Waals surface area contributed by atoms with E-state index in [1.54, 1.807) is 0 Å². The van der Waals surface area contributed by atoms with Crippen molar-refractivity contribution in [2.75, 3.05) is 13.1 Å². The van der Waals surface area contributed by atoms with E-state index in [9.17, 15) is 4.79 Å². The van der Waals surface area contributed by atoms with E-state index < -0.39 is 0 Å². The Bertz CT molecular complexity index is 617. The molecule has 1 aliphatic rings. The van der Waals surface area contributed by atoms with Crippen molar-refractivity contribution in [1.82, 2.24) is 14.9 Å². The molecule has 1 aromatic carbocycles. The number of fused-ring (bicyclic) bond motifs is 1. The zero-order valence-corrected chi connectivity index (χ0v) is 10.9. The molecule has 3 rings (SSSR count). The summed E-state index contributed by atoms with van der Waals surface area (Å²) >= 11 is 0. The van der Waals surface area contributed by atoms with Crippen LogP contribution in [0.4, 0.5) is 0 Å². The molecule has 1 atom stereocenters. The molecule has 0 spiro atoms. The lowest BCUT2D eigenvalue weighted by Crippen LogP contribution is -2.23. The van der Waals surface area contributed by atoms with Gasteiger partial charge in [-0.3, -0.25) is 4.57 Å². The van der Waals surface area contributed by atoms with Gasteiger partial charge in [-0.25, -0.2) is 4.79 Å². The quantitative estimate of drug-likeness (QED) is 0.850. The smallest absolute Gasteiger partial charge is 0.315 e. The van der Waals surface area contributed by atoms with Crippen LogP contribution in [0.25, 0.3) is 11.0 Å². The lowest BCUT2D eigenvalue weighted by molar-refractivity contribution is 0.545. The van der Waals surface area contributed by atoms with Crippen LogP contribution in [-0.2, 0) is 0 Å². The molecule has 18 heavy (non-hydrogen) atoms. The van der Waals surface area contributed by atoms with Crippen molar-refractivity contribution in [3.8, 4) is 0 Å². The molecule has 0 amide bonds. The van der Waals surface area contributed by atoms with E-state index in [1.165, 1.54) is 5.56 Å². The molecule has 0 aliphatic carbocycles.